The lowest BCUT2D eigenvalue weighted by atomic mass is 10.2. The fraction of sp³-hybridized carbons (Fsp3) is 0.250. The van der Waals surface area contributed by atoms with Gasteiger partial charge in [0.25, 0.3) is 0 Å². The average molecular weight is 238 g/mol. The maximum absolute atomic E-state index is 11.2. The molecule has 1 aromatic carbocycles. The first-order valence-corrected chi connectivity index (χ1v) is 5.48. The zero-order chi connectivity index (χ0) is 11.8. The lowest BCUT2D eigenvalue weighted by Crippen LogP contribution is -2.02. The maximum Gasteiger partial charge on any atom is 0.337 e. The van der Waals surface area contributed by atoms with Crippen LogP contribution in [0.2, 0.25) is 0 Å². The summed E-state index contributed by atoms with van der Waals surface area (Å²) >= 11 is 4.03. The Morgan fingerprint density at radius 2 is 2.25 bits per heavy atom. The molecule has 0 bridgehead atoms. The van der Waals surface area contributed by atoms with Crippen LogP contribution in [-0.4, -0.2) is 25.4 Å². The number of carbonyl (C=O) groups excluding carboxylic acids is 1. The molecule has 0 spiro atoms. The molecule has 0 radical (unpaired) electrons. The van der Waals surface area contributed by atoms with Gasteiger partial charge in [0.2, 0.25) is 0 Å². The van der Waals surface area contributed by atoms with Gasteiger partial charge in [0.05, 0.1) is 12.7 Å². The molecule has 0 unspecified atom stereocenters. The Balaban J connectivity index is 2.60. The van der Waals surface area contributed by atoms with Gasteiger partial charge in [-0.05, 0) is 18.2 Å². The van der Waals surface area contributed by atoms with E-state index in [0.717, 1.165) is 0 Å². The van der Waals surface area contributed by atoms with E-state index in [1.165, 1.54) is 7.11 Å². The van der Waals surface area contributed by atoms with E-state index < -0.39 is 0 Å². The average Bonchev–Trinajstić information content (AvgIpc) is 2.34. The fourth-order valence-corrected chi connectivity index (χ4v) is 1.27. The number of hydrogen-bond donors (Lipinski definition) is 1. The SMILES string of the molecule is COC(=O)c1cccc(OCC=CCS)c1. The van der Waals surface area contributed by atoms with Crippen LogP contribution >= 0.6 is 12.6 Å². The van der Waals surface area contributed by atoms with Crippen LogP contribution in [0.5, 0.6) is 5.75 Å². The Kier molecular flexibility index (Phi) is 5.50. The van der Waals surface area contributed by atoms with Crippen molar-refractivity contribution in [2.75, 3.05) is 19.5 Å². The molecule has 86 valence electrons. The summed E-state index contributed by atoms with van der Waals surface area (Å²) in [6, 6.07) is 6.88. The van der Waals surface area contributed by atoms with Crippen LogP contribution in [0, 0.1) is 0 Å². The highest BCUT2D eigenvalue weighted by atomic mass is 32.1. The lowest BCUT2D eigenvalue weighted by Gasteiger charge is -2.04. The lowest BCUT2D eigenvalue weighted by molar-refractivity contribution is 0.0600. The Hall–Kier alpha value is -1.42. The van der Waals surface area contributed by atoms with Crippen LogP contribution < -0.4 is 4.74 Å². The second-order valence-corrected chi connectivity index (χ2v) is 3.35. The smallest absolute Gasteiger partial charge is 0.337 e. The van der Waals surface area contributed by atoms with Crippen molar-refractivity contribution >= 4 is 18.6 Å². The molecule has 3 nitrogen and oxygen atoms in total. The van der Waals surface area contributed by atoms with E-state index in [-0.39, 0.29) is 5.97 Å². The molecule has 0 atom stereocenters. The van der Waals surface area contributed by atoms with Crippen molar-refractivity contribution in [2.24, 2.45) is 0 Å². The van der Waals surface area contributed by atoms with Crippen molar-refractivity contribution in [3.8, 4) is 5.75 Å². The standard InChI is InChI=1S/C12H14O3S/c1-14-12(13)10-5-4-6-11(9-10)15-7-2-3-8-16/h2-6,9,16H,7-8H2,1H3. The topological polar surface area (TPSA) is 35.5 Å². The van der Waals surface area contributed by atoms with E-state index in [2.05, 4.69) is 17.4 Å². The molecule has 1 aromatic rings. The number of ether oxygens (including phenoxy) is 2. The number of thiol groups is 1. The van der Waals surface area contributed by atoms with Crippen LogP contribution in [0.25, 0.3) is 0 Å². The molecule has 0 saturated carbocycles. The van der Waals surface area contributed by atoms with Crippen molar-refractivity contribution in [3.63, 3.8) is 0 Å². The molecule has 0 amide bonds. The number of esters is 1. The van der Waals surface area contributed by atoms with Crippen molar-refractivity contribution in [1.29, 1.82) is 0 Å². The van der Waals surface area contributed by atoms with E-state index in [9.17, 15) is 4.79 Å². The third-order valence-corrected chi connectivity index (χ3v) is 2.08. The molecule has 4 heteroatoms. The Morgan fingerprint density at radius 3 is 2.94 bits per heavy atom. The molecular formula is C12H14O3S. The third-order valence-electron chi connectivity index (χ3n) is 1.87. The summed E-state index contributed by atoms with van der Waals surface area (Å²) in [7, 11) is 1.35. The fourth-order valence-electron chi connectivity index (χ4n) is 1.12. The summed E-state index contributed by atoms with van der Waals surface area (Å²) in [6.07, 6.45) is 3.77. The molecule has 1 rings (SSSR count). The van der Waals surface area contributed by atoms with Gasteiger partial charge < -0.3 is 9.47 Å². The minimum Gasteiger partial charge on any atom is -0.490 e. The van der Waals surface area contributed by atoms with Crippen LogP contribution in [-0.2, 0) is 4.74 Å². The maximum atomic E-state index is 11.2. The van der Waals surface area contributed by atoms with Gasteiger partial charge >= 0.3 is 5.97 Å². The summed E-state index contributed by atoms with van der Waals surface area (Å²) < 4.78 is 10.0. The number of carbonyl (C=O) groups is 1. The van der Waals surface area contributed by atoms with Gasteiger partial charge in [-0.25, -0.2) is 4.79 Å². The highest BCUT2D eigenvalue weighted by Crippen LogP contribution is 2.13. The van der Waals surface area contributed by atoms with Crippen molar-refractivity contribution in [1.82, 2.24) is 0 Å². The van der Waals surface area contributed by atoms with Crippen molar-refractivity contribution in [3.05, 3.63) is 42.0 Å². The summed E-state index contributed by atoms with van der Waals surface area (Å²) in [6.45, 7) is 0.463. The first-order chi connectivity index (χ1) is 7.77. The third kappa shape index (κ3) is 3.98. The van der Waals surface area contributed by atoms with Crippen LogP contribution in [0.15, 0.2) is 36.4 Å². The Bertz CT molecular complexity index is 374. The molecule has 0 fully saturated rings. The van der Waals surface area contributed by atoms with E-state index in [1.54, 1.807) is 24.3 Å². The first-order valence-electron chi connectivity index (χ1n) is 4.85. The van der Waals surface area contributed by atoms with Crippen LogP contribution in [0.3, 0.4) is 0 Å². The van der Waals surface area contributed by atoms with Crippen molar-refractivity contribution < 1.29 is 14.3 Å². The molecule has 0 aliphatic heterocycles. The quantitative estimate of drug-likeness (QED) is 0.486. The minimum atomic E-state index is -0.364. The highest BCUT2D eigenvalue weighted by molar-refractivity contribution is 7.80. The number of rotatable bonds is 5. The summed E-state index contributed by atoms with van der Waals surface area (Å²) in [4.78, 5) is 11.2. The second-order valence-electron chi connectivity index (χ2n) is 2.98. The Morgan fingerprint density at radius 1 is 1.44 bits per heavy atom. The molecular weight excluding hydrogens is 224 g/mol. The van der Waals surface area contributed by atoms with E-state index in [0.29, 0.717) is 23.7 Å². The zero-order valence-corrected chi connectivity index (χ0v) is 9.94. The van der Waals surface area contributed by atoms with Gasteiger partial charge in [0.1, 0.15) is 12.4 Å². The predicted octanol–water partition coefficient (Wildman–Crippen LogP) is 2.34. The molecule has 0 N–H and O–H groups in total. The van der Waals surface area contributed by atoms with Gasteiger partial charge in [-0.3, -0.25) is 0 Å². The van der Waals surface area contributed by atoms with E-state index in [1.807, 2.05) is 12.2 Å². The first kappa shape index (κ1) is 12.6. The number of benzene rings is 1. The zero-order valence-electron chi connectivity index (χ0n) is 9.05. The minimum absolute atomic E-state index is 0.364. The molecule has 0 aliphatic carbocycles. The van der Waals surface area contributed by atoms with E-state index in [4.69, 9.17) is 4.74 Å². The van der Waals surface area contributed by atoms with Gasteiger partial charge in [-0.2, -0.15) is 12.6 Å². The summed E-state index contributed by atoms with van der Waals surface area (Å²) in [5.41, 5.74) is 0.484. The van der Waals surface area contributed by atoms with Gasteiger partial charge in [0.15, 0.2) is 0 Å². The van der Waals surface area contributed by atoms with Crippen LogP contribution in [0.4, 0.5) is 0 Å². The summed E-state index contributed by atoms with van der Waals surface area (Å²) in [5.74, 6) is 0.967. The molecule has 0 saturated heterocycles. The Labute approximate surface area is 100 Å². The normalized spacial score (nSPS) is 10.4. The van der Waals surface area contributed by atoms with Gasteiger partial charge in [-0.1, -0.05) is 18.2 Å². The predicted molar refractivity (Wildman–Crippen MR) is 66.3 cm³/mol. The summed E-state index contributed by atoms with van der Waals surface area (Å²) in [5, 5.41) is 0. The van der Waals surface area contributed by atoms with Crippen LogP contribution in [0.1, 0.15) is 10.4 Å². The van der Waals surface area contributed by atoms with E-state index >= 15 is 0 Å². The second kappa shape index (κ2) is 6.95. The highest BCUT2D eigenvalue weighted by Gasteiger charge is 2.05. The largest absolute Gasteiger partial charge is 0.490 e. The number of methoxy groups -OCH3 is 1. The molecule has 0 aromatic heterocycles. The molecule has 16 heavy (non-hydrogen) atoms. The van der Waals surface area contributed by atoms with Crippen molar-refractivity contribution in [2.45, 2.75) is 0 Å². The van der Waals surface area contributed by atoms with Gasteiger partial charge in [0, 0.05) is 5.75 Å². The number of hydrogen-bond acceptors (Lipinski definition) is 4. The van der Waals surface area contributed by atoms with Gasteiger partial charge in [-0.15, -0.1) is 0 Å². The molecule has 0 aliphatic rings. The monoisotopic (exact) mass is 238 g/mol. The molecule has 0 heterocycles.